The van der Waals surface area contributed by atoms with Crippen LogP contribution in [0.5, 0.6) is 17.2 Å². The fraction of sp³-hybridized carbons (Fsp3) is 0.259. The van der Waals surface area contributed by atoms with Crippen LogP contribution in [-0.4, -0.2) is 16.9 Å². The van der Waals surface area contributed by atoms with Gasteiger partial charge in [0.2, 0.25) is 6.10 Å². The minimum absolute atomic E-state index is 0. The number of nitriles is 1. The van der Waals surface area contributed by atoms with Crippen molar-refractivity contribution in [3.63, 3.8) is 0 Å². The molecule has 34 heavy (non-hydrogen) atoms. The molecule has 0 saturated heterocycles. The molecule has 4 rings (SSSR count). The topological polar surface area (TPSA) is 68.5 Å². The summed E-state index contributed by atoms with van der Waals surface area (Å²) in [5.41, 5.74) is -0.163. The summed E-state index contributed by atoms with van der Waals surface area (Å²) in [5.74, 6) is 1.19. The highest BCUT2D eigenvalue weighted by Crippen LogP contribution is 2.65. The predicted molar refractivity (Wildman–Crippen MR) is 132 cm³/mol. The molecule has 0 aromatic heterocycles. The lowest BCUT2D eigenvalue weighted by Crippen LogP contribution is -2.30. The molecule has 0 heterocycles. The van der Waals surface area contributed by atoms with E-state index in [1.54, 1.807) is 48.5 Å². The number of rotatable bonds is 8. The van der Waals surface area contributed by atoms with Crippen LogP contribution in [0.2, 0.25) is 0 Å². The van der Waals surface area contributed by atoms with Crippen molar-refractivity contribution in [3.8, 4) is 23.3 Å². The Morgan fingerprint density at radius 3 is 2.24 bits per heavy atom. The smallest absolute Gasteiger partial charge is 0.321 e. The SMILES string of the molecule is C.CCOc1ccc(C2(C(=O)OC(C#N)c3cccc(Oc4ccccc4)c3)CC2(Cl)Cl)cc1. The summed E-state index contributed by atoms with van der Waals surface area (Å²) in [6.07, 6.45) is -0.966. The lowest BCUT2D eigenvalue weighted by Gasteiger charge is -2.20. The Balaban J connectivity index is 0.00000324. The number of carbonyl (C=O) groups is 1. The third kappa shape index (κ3) is 4.99. The van der Waals surface area contributed by atoms with Gasteiger partial charge < -0.3 is 14.2 Å². The number of carbonyl (C=O) groups excluding carboxylic acids is 1. The summed E-state index contributed by atoms with van der Waals surface area (Å²) < 4.78 is 15.6. The van der Waals surface area contributed by atoms with E-state index in [0.717, 1.165) is 0 Å². The lowest BCUT2D eigenvalue weighted by molar-refractivity contribution is -0.150. The molecule has 0 radical (unpaired) electrons. The molecule has 0 bridgehead atoms. The van der Waals surface area contributed by atoms with E-state index >= 15 is 0 Å². The highest BCUT2D eigenvalue weighted by Gasteiger charge is 2.73. The van der Waals surface area contributed by atoms with E-state index in [9.17, 15) is 10.1 Å². The zero-order valence-corrected chi connectivity index (χ0v) is 19.3. The Bertz CT molecular complexity index is 1180. The molecule has 7 heteroatoms. The Kier molecular flexibility index (Phi) is 7.76. The minimum atomic E-state index is -1.32. The number of nitrogens with zero attached hydrogens (tertiary/aromatic N) is 1. The maximum Gasteiger partial charge on any atom is 0.321 e. The maximum atomic E-state index is 13.3. The number of halogens is 2. The highest BCUT2D eigenvalue weighted by atomic mass is 35.5. The molecule has 2 atom stereocenters. The molecule has 0 N–H and O–H groups in total. The molecule has 1 aliphatic rings. The number of para-hydroxylation sites is 1. The van der Waals surface area contributed by atoms with Crippen molar-refractivity contribution in [2.75, 3.05) is 6.61 Å². The summed E-state index contributed by atoms with van der Waals surface area (Å²) in [6, 6.07) is 25.1. The van der Waals surface area contributed by atoms with Crippen molar-refractivity contribution >= 4 is 29.2 Å². The van der Waals surface area contributed by atoms with E-state index in [4.69, 9.17) is 37.4 Å². The van der Waals surface area contributed by atoms with Gasteiger partial charge in [-0.05, 0) is 48.9 Å². The maximum absolute atomic E-state index is 13.3. The first-order valence-electron chi connectivity index (χ1n) is 10.4. The van der Waals surface area contributed by atoms with Crippen LogP contribution in [0.4, 0.5) is 0 Å². The average molecular weight is 498 g/mol. The van der Waals surface area contributed by atoms with E-state index in [-0.39, 0.29) is 13.8 Å². The van der Waals surface area contributed by atoms with Gasteiger partial charge in [-0.25, -0.2) is 0 Å². The molecule has 0 spiro atoms. The molecule has 3 aromatic carbocycles. The average Bonchev–Trinajstić information content (AvgIpc) is 3.42. The van der Waals surface area contributed by atoms with Crippen LogP contribution in [0, 0.1) is 11.3 Å². The summed E-state index contributed by atoms with van der Waals surface area (Å²) in [7, 11) is 0. The zero-order chi connectivity index (χ0) is 23.5. The van der Waals surface area contributed by atoms with Crippen LogP contribution < -0.4 is 9.47 Å². The third-order valence-corrected chi connectivity index (χ3v) is 6.39. The molecule has 2 unspecified atom stereocenters. The van der Waals surface area contributed by atoms with Crippen molar-refractivity contribution in [1.29, 1.82) is 5.26 Å². The first kappa shape index (κ1) is 25.4. The fourth-order valence-electron chi connectivity index (χ4n) is 3.69. The van der Waals surface area contributed by atoms with Gasteiger partial charge in [0.05, 0.1) is 6.61 Å². The normalized spacial score (nSPS) is 18.5. The third-order valence-electron chi connectivity index (χ3n) is 5.48. The van der Waals surface area contributed by atoms with E-state index in [0.29, 0.717) is 35.0 Å². The molecule has 3 aromatic rings. The van der Waals surface area contributed by atoms with Crippen molar-refractivity contribution in [3.05, 3.63) is 90.0 Å². The Morgan fingerprint density at radius 1 is 1.00 bits per heavy atom. The van der Waals surface area contributed by atoms with E-state index in [1.165, 1.54) is 0 Å². The molecule has 176 valence electrons. The van der Waals surface area contributed by atoms with Gasteiger partial charge in [0.25, 0.3) is 0 Å². The Morgan fingerprint density at radius 2 is 1.65 bits per heavy atom. The fourth-order valence-corrected chi connectivity index (χ4v) is 4.46. The molecule has 1 saturated carbocycles. The van der Waals surface area contributed by atoms with Gasteiger partial charge in [0.15, 0.2) is 0 Å². The van der Waals surface area contributed by atoms with Crippen LogP contribution in [-0.2, 0) is 14.9 Å². The Hall–Kier alpha value is -3.20. The quantitative estimate of drug-likeness (QED) is 0.244. The molecule has 5 nitrogen and oxygen atoms in total. The number of benzene rings is 3. The Labute approximate surface area is 209 Å². The van der Waals surface area contributed by atoms with Gasteiger partial charge in [0.1, 0.15) is 33.1 Å². The molecule has 1 aliphatic carbocycles. The van der Waals surface area contributed by atoms with Gasteiger partial charge >= 0.3 is 5.97 Å². The zero-order valence-electron chi connectivity index (χ0n) is 17.8. The minimum Gasteiger partial charge on any atom is -0.494 e. The van der Waals surface area contributed by atoms with Gasteiger partial charge in [-0.2, -0.15) is 5.26 Å². The molecular formula is C27H25Cl2NO4. The van der Waals surface area contributed by atoms with Crippen LogP contribution in [0.25, 0.3) is 0 Å². The van der Waals surface area contributed by atoms with Gasteiger partial charge in [-0.15, -0.1) is 0 Å². The first-order valence-corrected chi connectivity index (χ1v) is 11.2. The highest BCUT2D eigenvalue weighted by molar-refractivity contribution is 6.54. The summed E-state index contributed by atoms with van der Waals surface area (Å²) >= 11 is 12.8. The van der Waals surface area contributed by atoms with E-state index in [1.807, 2.05) is 43.3 Å². The van der Waals surface area contributed by atoms with Crippen molar-refractivity contribution in [2.24, 2.45) is 0 Å². The predicted octanol–water partition coefficient (Wildman–Crippen LogP) is 7.14. The summed E-state index contributed by atoms with van der Waals surface area (Å²) in [6.45, 7) is 2.41. The van der Waals surface area contributed by atoms with Crippen molar-refractivity contribution < 1.29 is 19.0 Å². The van der Waals surface area contributed by atoms with Crippen LogP contribution in [0.3, 0.4) is 0 Å². The van der Waals surface area contributed by atoms with Crippen LogP contribution in [0.15, 0.2) is 78.9 Å². The van der Waals surface area contributed by atoms with Gasteiger partial charge in [0, 0.05) is 12.0 Å². The standard InChI is InChI=1S/C26H21Cl2NO4.CH4/c1-2-31-20-13-11-19(12-14-20)25(17-26(25,27)28)24(30)33-23(16-29)18-7-6-10-22(15-18)32-21-8-4-3-5-9-21;/h3-15,23H,2,17H2,1H3;1H4. The summed E-state index contributed by atoms with van der Waals surface area (Å²) in [4.78, 5) is 13.3. The number of hydrogen-bond acceptors (Lipinski definition) is 5. The van der Waals surface area contributed by atoms with Crippen LogP contribution >= 0.6 is 23.2 Å². The van der Waals surface area contributed by atoms with E-state index in [2.05, 4.69) is 0 Å². The number of ether oxygens (including phenoxy) is 3. The largest absolute Gasteiger partial charge is 0.494 e. The summed E-state index contributed by atoms with van der Waals surface area (Å²) in [5, 5.41) is 9.74. The van der Waals surface area contributed by atoms with Crippen molar-refractivity contribution in [2.45, 2.75) is 36.6 Å². The first-order chi connectivity index (χ1) is 15.9. The second-order valence-corrected chi connectivity index (χ2v) is 9.13. The molecular weight excluding hydrogens is 473 g/mol. The molecule has 0 aliphatic heterocycles. The molecule has 0 amide bonds. The second kappa shape index (κ2) is 10.4. The van der Waals surface area contributed by atoms with Gasteiger partial charge in [-0.1, -0.05) is 73.1 Å². The van der Waals surface area contributed by atoms with Gasteiger partial charge in [-0.3, -0.25) is 4.79 Å². The number of alkyl halides is 2. The van der Waals surface area contributed by atoms with E-state index < -0.39 is 21.8 Å². The lowest BCUT2D eigenvalue weighted by atomic mass is 9.95. The second-order valence-electron chi connectivity index (χ2n) is 7.65. The monoisotopic (exact) mass is 497 g/mol. The van der Waals surface area contributed by atoms with Crippen LogP contribution in [0.1, 0.15) is 38.0 Å². The number of esters is 1. The van der Waals surface area contributed by atoms with Crippen molar-refractivity contribution in [1.82, 2.24) is 0 Å². The molecule has 1 fully saturated rings. The number of hydrogen-bond donors (Lipinski definition) is 0.